The minimum absolute atomic E-state index is 0.112. The van der Waals surface area contributed by atoms with E-state index in [0.29, 0.717) is 13.1 Å². The summed E-state index contributed by atoms with van der Waals surface area (Å²) in [4.78, 5) is 10.6. The SMILES string of the molecule is CC(=O)NCCNCC(O)c1cccc(C(F)(F)F)c1. The third-order valence-corrected chi connectivity index (χ3v) is 2.61. The van der Waals surface area contributed by atoms with Gasteiger partial charge in [-0.15, -0.1) is 0 Å². The molecule has 1 unspecified atom stereocenters. The van der Waals surface area contributed by atoms with E-state index < -0.39 is 17.8 Å². The lowest BCUT2D eigenvalue weighted by Gasteiger charge is -2.14. The fourth-order valence-electron chi connectivity index (χ4n) is 1.61. The van der Waals surface area contributed by atoms with E-state index in [1.54, 1.807) is 0 Å². The Morgan fingerprint density at radius 1 is 1.35 bits per heavy atom. The molecule has 0 saturated carbocycles. The van der Waals surface area contributed by atoms with Crippen molar-refractivity contribution in [3.63, 3.8) is 0 Å². The van der Waals surface area contributed by atoms with Gasteiger partial charge in [-0.25, -0.2) is 0 Å². The van der Waals surface area contributed by atoms with E-state index in [0.717, 1.165) is 12.1 Å². The Bertz CT molecular complexity index is 449. The van der Waals surface area contributed by atoms with Gasteiger partial charge in [0.15, 0.2) is 0 Å². The second-order valence-corrected chi connectivity index (χ2v) is 4.33. The lowest BCUT2D eigenvalue weighted by molar-refractivity contribution is -0.137. The van der Waals surface area contributed by atoms with Gasteiger partial charge in [-0.3, -0.25) is 4.79 Å². The smallest absolute Gasteiger partial charge is 0.387 e. The predicted molar refractivity (Wildman–Crippen MR) is 68.0 cm³/mol. The number of aliphatic hydroxyl groups excluding tert-OH is 1. The van der Waals surface area contributed by atoms with Crippen molar-refractivity contribution >= 4 is 5.91 Å². The summed E-state index contributed by atoms with van der Waals surface area (Å²) in [7, 11) is 0. The molecule has 0 aliphatic carbocycles. The Morgan fingerprint density at radius 3 is 2.65 bits per heavy atom. The monoisotopic (exact) mass is 290 g/mol. The molecule has 4 nitrogen and oxygen atoms in total. The maximum atomic E-state index is 12.5. The van der Waals surface area contributed by atoms with Gasteiger partial charge in [0.05, 0.1) is 11.7 Å². The quantitative estimate of drug-likeness (QED) is 0.695. The van der Waals surface area contributed by atoms with E-state index >= 15 is 0 Å². The van der Waals surface area contributed by atoms with E-state index in [9.17, 15) is 23.1 Å². The molecule has 112 valence electrons. The number of nitrogens with one attached hydrogen (secondary N) is 2. The van der Waals surface area contributed by atoms with Crippen LogP contribution in [0.3, 0.4) is 0 Å². The molecule has 3 N–H and O–H groups in total. The largest absolute Gasteiger partial charge is 0.416 e. The first-order chi connectivity index (χ1) is 9.30. The Labute approximate surface area is 115 Å². The molecule has 0 aromatic heterocycles. The van der Waals surface area contributed by atoms with Gasteiger partial charge in [-0.2, -0.15) is 13.2 Å². The number of alkyl halides is 3. The fourth-order valence-corrected chi connectivity index (χ4v) is 1.61. The summed E-state index contributed by atoms with van der Waals surface area (Å²) in [5.74, 6) is -0.162. The molecule has 7 heteroatoms. The number of carbonyl (C=O) groups is 1. The second-order valence-electron chi connectivity index (χ2n) is 4.33. The number of aliphatic hydroxyl groups is 1. The van der Waals surface area contributed by atoms with Crippen molar-refractivity contribution in [3.8, 4) is 0 Å². The van der Waals surface area contributed by atoms with Crippen LogP contribution < -0.4 is 10.6 Å². The molecule has 1 aromatic rings. The van der Waals surface area contributed by atoms with Crippen LogP contribution in [0.1, 0.15) is 24.2 Å². The maximum Gasteiger partial charge on any atom is 0.416 e. The number of hydrogen-bond donors (Lipinski definition) is 3. The zero-order chi connectivity index (χ0) is 15.2. The van der Waals surface area contributed by atoms with Crippen LogP contribution in [0.5, 0.6) is 0 Å². The Morgan fingerprint density at radius 2 is 2.05 bits per heavy atom. The lowest BCUT2D eigenvalue weighted by atomic mass is 10.1. The third kappa shape index (κ3) is 5.58. The first kappa shape index (κ1) is 16.5. The fraction of sp³-hybridized carbons (Fsp3) is 0.462. The summed E-state index contributed by atoms with van der Waals surface area (Å²) in [6.45, 7) is 2.32. The zero-order valence-corrected chi connectivity index (χ0v) is 11.0. The molecule has 1 atom stereocenters. The Balaban J connectivity index is 2.47. The number of hydrogen-bond acceptors (Lipinski definition) is 3. The van der Waals surface area contributed by atoms with Gasteiger partial charge in [0, 0.05) is 26.6 Å². The molecule has 0 spiro atoms. The molecule has 20 heavy (non-hydrogen) atoms. The van der Waals surface area contributed by atoms with E-state index in [2.05, 4.69) is 10.6 Å². The highest BCUT2D eigenvalue weighted by Crippen LogP contribution is 2.30. The molecule has 0 bridgehead atoms. The van der Waals surface area contributed by atoms with Crippen LogP contribution in [0.25, 0.3) is 0 Å². The van der Waals surface area contributed by atoms with Crippen molar-refractivity contribution in [1.82, 2.24) is 10.6 Å². The van der Waals surface area contributed by atoms with Crippen LogP contribution in [0.15, 0.2) is 24.3 Å². The highest BCUT2D eigenvalue weighted by molar-refractivity contribution is 5.72. The molecule has 0 heterocycles. The summed E-state index contributed by atoms with van der Waals surface area (Å²) in [5, 5.41) is 15.2. The van der Waals surface area contributed by atoms with Crippen molar-refractivity contribution in [2.45, 2.75) is 19.2 Å². The summed E-state index contributed by atoms with van der Waals surface area (Å²) in [5.41, 5.74) is -0.584. The molecule has 0 radical (unpaired) electrons. The van der Waals surface area contributed by atoms with Crippen LogP contribution in [0, 0.1) is 0 Å². The zero-order valence-electron chi connectivity index (χ0n) is 11.0. The molecular formula is C13H17F3N2O2. The molecule has 0 aliphatic rings. The molecular weight excluding hydrogens is 273 g/mol. The molecule has 0 aliphatic heterocycles. The normalized spacial score (nSPS) is 13.1. The standard InChI is InChI=1S/C13H17F3N2O2/c1-9(19)18-6-5-17-8-12(20)10-3-2-4-11(7-10)13(14,15)16/h2-4,7,12,17,20H,5-6,8H2,1H3,(H,18,19). The third-order valence-electron chi connectivity index (χ3n) is 2.61. The van der Waals surface area contributed by atoms with Crippen molar-refractivity contribution in [1.29, 1.82) is 0 Å². The van der Waals surface area contributed by atoms with Crippen LogP contribution >= 0.6 is 0 Å². The molecule has 0 saturated heterocycles. The number of rotatable bonds is 6. The predicted octanol–water partition coefficient (Wildman–Crippen LogP) is 1.46. The van der Waals surface area contributed by atoms with Gasteiger partial charge in [0.25, 0.3) is 0 Å². The number of halogens is 3. The minimum Gasteiger partial charge on any atom is -0.387 e. The average molecular weight is 290 g/mol. The summed E-state index contributed by atoms with van der Waals surface area (Å²) < 4.78 is 37.6. The maximum absolute atomic E-state index is 12.5. The van der Waals surface area contributed by atoms with Gasteiger partial charge in [-0.05, 0) is 17.7 Å². The Hall–Kier alpha value is -1.60. The molecule has 1 aromatic carbocycles. The highest BCUT2D eigenvalue weighted by Gasteiger charge is 2.30. The second kappa shape index (κ2) is 7.25. The first-order valence-corrected chi connectivity index (χ1v) is 6.11. The number of benzene rings is 1. The molecule has 1 amide bonds. The first-order valence-electron chi connectivity index (χ1n) is 6.11. The summed E-state index contributed by atoms with van der Waals surface area (Å²) >= 11 is 0. The van der Waals surface area contributed by atoms with E-state index in [4.69, 9.17) is 0 Å². The van der Waals surface area contributed by atoms with Crippen LogP contribution in [0.2, 0.25) is 0 Å². The number of carbonyl (C=O) groups excluding carboxylic acids is 1. The lowest BCUT2D eigenvalue weighted by Crippen LogP contribution is -2.32. The van der Waals surface area contributed by atoms with Crippen LogP contribution in [-0.4, -0.2) is 30.6 Å². The van der Waals surface area contributed by atoms with Crippen LogP contribution in [-0.2, 0) is 11.0 Å². The molecule has 1 rings (SSSR count). The minimum atomic E-state index is -4.42. The average Bonchev–Trinajstić information content (AvgIpc) is 2.37. The van der Waals surface area contributed by atoms with Crippen molar-refractivity contribution in [3.05, 3.63) is 35.4 Å². The van der Waals surface area contributed by atoms with E-state index in [-0.39, 0.29) is 18.0 Å². The summed E-state index contributed by atoms with van der Waals surface area (Å²) in [6, 6.07) is 4.59. The van der Waals surface area contributed by atoms with Crippen molar-refractivity contribution in [2.75, 3.05) is 19.6 Å². The van der Waals surface area contributed by atoms with Gasteiger partial charge >= 0.3 is 6.18 Å². The highest BCUT2D eigenvalue weighted by atomic mass is 19.4. The topological polar surface area (TPSA) is 61.4 Å². The van der Waals surface area contributed by atoms with Gasteiger partial charge in [0.1, 0.15) is 0 Å². The van der Waals surface area contributed by atoms with Gasteiger partial charge in [-0.1, -0.05) is 12.1 Å². The van der Waals surface area contributed by atoms with E-state index in [1.165, 1.54) is 19.1 Å². The van der Waals surface area contributed by atoms with E-state index in [1.807, 2.05) is 0 Å². The molecule has 0 fully saturated rings. The number of amides is 1. The van der Waals surface area contributed by atoms with Crippen LogP contribution in [0.4, 0.5) is 13.2 Å². The van der Waals surface area contributed by atoms with Crippen molar-refractivity contribution < 1.29 is 23.1 Å². The van der Waals surface area contributed by atoms with Gasteiger partial charge < -0.3 is 15.7 Å². The van der Waals surface area contributed by atoms with Gasteiger partial charge in [0.2, 0.25) is 5.91 Å². The van der Waals surface area contributed by atoms with Crippen molar-refractivity contribution in [2.24, 2.45) is 0 Å². The summed E-state index contributed by atoms with van der Waals surface area (Å²) in [6.07, 6.45) is -5.45. The Kier molecular flexibility index (Phi) is 5.97.